The zero-order chi connectivity index (χ0) is 14.2. The maximum absolute atomic E-state index is 12.2. The van der Waals surface area contributed by atoms with E-state index in [1.807, 2.05) is 19.1 Å². The van der Waals surface area contributed by atoms with Crippen LogP contribution in [0.25, 0.3) is 5.69 Å². The van der Waals surface area contributed by atoms with E-state index in [-0.39, 0.29) is 17.5 Å². The number of H-pyrrole nitrogens is 1. The molecule has 0 atom stereocenters. The van der Waals surface area contributed by atoms with E-state index < -0.39 is 5.97 Å². The zero-order valence-electron chi connectivity index (χ0n) is 10.5. The maximum Gasteiger partial charge on any atom is 0.308 e. The number of rotatable bonds is 3. The molecule has 0 radical (unpaired) electrons. The minimum absolute atomic E-state index is 0.274. The third-order valence-electron chi connectivity index (χ3n) is 2.92. The van der Waals surface area contributed by atoms with Crippen LogP contribution in [0, 0.1) is 13.8 Å². The number of nitrogens with one attached hydrogen (secondary N) is 1. The van der Waals surface area contributed by atoms with E-state index >= 15 is 0 Å². The van der Waals surface area contributed by atoms with Gasteiger partial charge in [-0.2, -0.15) is 0 Å². The molecule has 19 heavy (non-hydrogen) atoms. The Morgan fingerprint density at radius 1 is 1.42 bits per heavy atom. The van der Waals surface area contributed by atoms with E-state index in [2.05, 4.69) is 21.0 Å². The molecule has 0 saturated heterocycles. The molecule has 0 amide bonds. The number of benzene rings is 1. The van der Waals surface area contributed by atoms with Gasteiger partial charge in [-0.25, -0.2) is 4.68 Å². The topological polar surface area (TPSA) is 75.1 Å². The first kappa shape index (κ1) is 13.6. The predicted molar refractivity (Wildman–Crippen MR) is 74.9 cm³/mol. The second-order valence-corrected chi connectivity index (χ2v) is 5.27. The Bertz CT molecular complexity index is 700. The van der Waals surface area contributed by atoms with E-state index in [4.69, 9.17) is 5.11 Å². The van der Waals surface area contributed by atoms with Gasteiger partial charge in [0, 0.05) is 10.2 Å². The van der Waals surface area contributed by atoms with Gasteiger partial charge in [0.05, 0.1) is 17.7 Å². The molecule has 0 fully saturated rings. The van der Waals surface area contributed by atoms with Crippen LogP contribution in [0.1, 0.15) is 16.8 Å². The smallest absolute Gasteiger partial charge is 0.308 e. The fourth-order valence-electron chi connectivity index (χ4n) is 1.98. The van der Waals surface area contributed by atoms with Crippen molar-refractivity contribution in [1.82, 2.24) is 9.78 Å². The van der Waals surface area contributed by atoms with Crippen LogP contribution in [0.4, 0.5) is 0 Å². The molecule has 6 heteroatoms. The molecule has 0 aliphatic heterocycles. The molecule has 0 bridgehead atoms. The number of aryl methyl sites for hydroxylation is 2. The highest BCUT2D eigenvalue weighted by molar-refractivity contribution is 9.10. The van der Waals surface area contributed by atoms with Crippen LogP contribution in [-0.4, -0.2) is 20.9 Å². The summed E-state index contributed by atoms with van der Waals surface area (Å²) in [4.78, 5) is 23.0. The number of carboxylic acids is 1. The monoisotopic (exact) mass is 324 g/mol. The quantitative estimate of drug-likeness (QED) is 0.908. The number of carbonyl (C=O) groups is 1. The van der Waals surface area contributed by atoms with E-state index in [0.717, 1.165) is 10.0 Å². The lowest BCUT2D eigenvalue weighted by atomic mass is 10.2. The van der Waals surface area contributed by atoms with Gasteiger partial charge < -0.3 is 5.11 Å². The van der Waals surface area contributed by atoms with Crippen LogP contribution < -0.4 is 5.56 Å². The summed E-state index contributed by atoms with van der Waals surface area (Å²) in [5.41, 5.74) is 2.18. The van der Waals surface area contributed by atoms with Crippen LogP contribution in [0.15, 0.2) is 27.5 Å². The lowest BCUT2D eigenvalue weighted by Crippen LogP contribution is -2.19. The third kappa shape index (κ3) is 2.63. The molecule has 0 spiro atoms. The Hall–Kier alpha value is -1.82. The van der Waals surface area contributed by atoms with Crippen LogP contribution in [0.5, 0.6) is 0 Å². The number of aromatic amines is 1. The van der Waals surface area contributed by atoms with E-state index in [0.29, 0.717) is 11.4 Å². The van der Waals surface area contributed by atoms with Crippen molar-refractivity contribution in [3.05, 3.63) is 49.8 Å². The summed E-state index contributed by atoms with van der Waals surface area (Å²) in [7, 11) is 0. The summed E-state index contributed by atoms with van der Waals surface area (Å²) in [6.45, 7) is 3.59. The molecule has 1 aromatic carbocycles. The summed E-state index contributed by atoms with van der Waals surface area (Å²) in [6, 6.07) is 5.54. The standard InChI is InChI=1S/C13H13BrN2O3/c1-7-5-9(14)3-4-11(7)16-13(19)10(6-12(17)18)8(2)15-16/h3-5,15H,6H2,1-2H3,(H,17,18). The number of nitrogens with zero attached hydrogens (tertiary/aromatic N) is 1. The summed E-state index contributed by atoms with van der Waals surface area (Å²) in [6.07, 6.45) is -0.274. The summed E-state index contributed by atoms with van der Waals surface area (Å²) in [5, 5.41) is 11.7. The highest BCUT2D eigenvalue weighted by Crippen LogP contribution is 2.18. The van der Waals surface area contributed by atoms with Gasteiger partial charge in [-0.3, -0.25) is 14.7 Å². The van der Waals surface area contributed by atoms with Crippen molar-refractivity contribution in [3.63, 3.8) is 0 Å². The SMILES string of the molecule is Cc1cc(Br)ccc1-n1[nH]c(C)c(CC(=O)O)c1=O. The molecular formula is C13H13BrN2O3. The third-order valence-corrected chi connectivity index (χ3v) is 3.41. The van der Waals surface area contributed by atoms with Crippen LogP contribution in [0.3, 0.4) is 0 Å². The van der Waals surface area contributed by atoms with Gasteiger partial charge in [-0.05, 0) is 37.6 Å². The zero-order valence-corrected chi connectivity index (χ0v) is 12.1. The minimum atomic E-state index is -1.01. The van der Waals surface area contributed by atoms with Crippen molar-refractivity contribution in [3.8, 4) is 5.69 Å². The Morgan fingerprint density at radius 2 is 2.11 bits per heavy atom. The number of aromatic nitrogens is 2. The molecule has 1 heterocycles. The predicted octanol–water partition coefficient (Wildman–Crippen LogP) is 2.17. The van der Waals surface area contributed by atoms with E-state index in [9.17, 15) is 9.59 Å². The Morgan fingerprint density at radius 3 is 2.68 bits per heavy atom. The van der Waals surface area contributed by atoms with Gasteiger partial charge in [0.25, 0.3) is 5.56 Å². The van der Waals surface area contributed by atoms with Crippen LogP contribution >= 0.6 is 15.9 Å². The fourth-order valence-corrected chi connectivity index (χ4v) is 2.46. The first-order chi connectivity index (χ1) is 8.90. The first-order valence-electron chi connectivity index (χ1n) is 5.69. The summed E-state index contributed by atoms with van der Waals surface area (Å²) < 4.78 is 2.31. The fraction of sp³-hybridized carbons (Fsp3) is 0.231. The Kier molecular flexibility index (Phi) is 3.61. The molecular weight excluding hydrogens is 312 g/mol. The second kappa shape index (κ2) is 5.05. The molecule has 0 aliphatic rings. The van der Waals surface area contributed by atoms with Gasteiger partial charge in [0.15, 0.2) is 0 Å². The number of aliphatic carboxylic acids is 1. The van der Waals surface area contributed by atoms with Gasteiger partial charge in [-0.15, -0.1) is 0 Å². The summed E-state index contributed by atoms with van der Waals surface area (Å²) >= 11 is 3.36. The molecule has 100 valence electrons. The van der Waals surface area contributed by atoms with E-state index in [1.54, 1.807) is 13.0 Å². The van der Waals surface area contributed by atoms with Gasteiger partial charge >= 0.3 is 5.97 Å². The number of carboxylic acid groups (broad SMARTS) is 1. The molecule has 2 N–H and O–H groups in total. The van der Waals surface area contributed by atoms with Crippen molar-refractivity contribution in [2.45, 2.75) is 20.3 Å². The molecule has 2 aromatic rings. The maximum atomic E-state index is 12.2. The van der Waals surface area contributed by atoms with Gasteiger partial charge in [0.2, 0.25) is 0 Å². The number of hydrogen-bond acceptors (Lipinski definition) is 2. The molecule has 0 unspecified atom stereocenters. The van der Waals surface area contributed by atoms with Crippen molar-refractivity contribution in [2.75, 3.05) is 0 Å². The van der Waals surface area contributed by atoms with Crippen molar-refractivity contribution < 1.29 is 9.90 Å². The molecule has 5 nitrogen and oxygen atoms in total. The molecule has 0 saturated carbocycles. The largest absolute Gasteiger partial charge is 0.481 e. The van der Waals surface area contributed by atoms with Crippen LogP contribution in [0.2, 0.25) is 0 Å². The first-order valence-corrected chi connectivity index (χ1v) is 6.48. The number of halogens is 1. The van der Waals surface area contributed by atoms with Crippen LogP contribution in [-0.2, 0) is 11.2 Å². The Balaban J connectivity index is 2.58. The van der Waals surface area contributed by atoms with Crippen molar-refractivity contribution in [1.29, 1.82) is 0 Å². The average molecular weight is 325 g/mol. The summed E-state index contributed by atoms with van der Waals surface area (Å²) in [5.74, 6) is -1.01. The number of hydrogen-bond donors (Lipinski definition) is 2. The van der Waals surface area contributed by atoms with E-state index in [1.165, 1.54) is 4.68 Å². The normalized spacial score (nSPS) is 10.7. The van der Waals surface area contributed by atoms with Crippen molar-refractivity contribution >= 4 is 21.9 Å². The molecule has 1 aromatic heterocycles. The lowest BCUT2D eigenvalue weighted by molar-refractivity contribution is -0.136. The van der Waals surface area contributed by atoms with Crippen molar-refractivity contribution in [2.24, 2.45) is 0 Å². The lowest BCUT2D eigenvalue weighted by Gasteiger charge is -2.06. The molecule has 2 rings (SSSR count). The Labute approximate surface area is 118 Å². The highest BCUT2D eigenvalue weighted by Gasteiger charge is 2.16. The average Bonchev–Trinajstić information content (AvgIpc) is 2.57. The van der Waals surface area contributed by atoms with Gasteiger partial charge in [-0.1, -0.05) is 15.9 Å². The van der Waals surface area contributed by atoms with Gasteiger partial charge in [0.1, 0.15) is 0 Å². The molecule has 0 aliphatic carbocycles. The minimum Gasteiger partial charge on any atom is -0.481 e. The second-order valence-electron chi connectivity index (χ2n) is 4.36. The highest BCUT2D eigenvalue weighted by atomic mass is 79.9.